The van der Waals surface area contributed by atoms with Crippen molar-refractivity contribution >= 4 is 17.2 Å². The van der Waals surface area contributed by atoms with Crippen molar-refractivity contribution < 1.29 is 9.53 Å². The first-order valence-electron chi connectivity index (χ1n) is 6.89. The summed E-state index contributed by atoms with van der Waals surface area (Å²) in [4.78, 5) is 16.4. The lowest BCUT2D eigenvalue weighted by Gasteiger charge is -2.16. The van der Waals surface area contributed by atoms with Gasteiger partial charge in [0.15, 0.2) is 6.10 Å². The fourth-order valence-corrected chi connectivity index (χ4v) is 2.52. The van der Waals surface area contributed by atoms with Gasteiger partial charge in [-0.15, -0.1) is 11.3 Å². The summed E-state index contributed by atoms with van der Waals surface area (Å²) in [7, 11) is 0. The summed E-state index contributed by atoms with van der Waals surface area (Å²) in [5, 5.41) is 5.80. The van der Waals surface area contributed by atoms with E-state index in [4.69, 9.17) is 4.74 Å². The number of nitrogens with zero attached hydrogens (tertiary/aromatic N) is 1. The molecule has 1 N–H and O–H groups in total. The van der Waals surface area contributed by atoms with E-state index in [0.29, 0.717) is 6.54 Å². The minimum Gasteiger partial charge on any atom is -0.481 e. The number of thiazole rings is 1. The molecule has 0 radical (unpaired) electrons. The number of nitrogens with one attached hydrogen (secondary N) is 1. The Morgan fingerprint density at radius 3 is 2.81 bits per heavy atom. The lowest BCUT2D eigenvalue weighted by atomic mass is 10.1. The van der Waals surface area contributed by atoms with E-state index in [2.05, 4.69) is 10.3 Å². The second kappa shape index (κ2) is 6.72. The van der Waals surface area contributed by atoms with Crippen LogP contribution in [0.4, 0.5) is 0 Å². The van der Waals surface area contributed by atoms with Crippen molar-refractivity contribution in [3.05, 3.63) is 45.4 Å². The first-order valence-corrected chi connectivity index (χ1v) is 7.77. The number of carbonyl (C=O) groups excluding carboxylic acids is 1. The van der Waals surface area contributed by atoms with Gasteiger partial charge in [-0.05, 0) is 44.9 Å². The van der Waals surface area contributed by atoms with Gasteiger partial charge in [-0.2, -0.15) is 0 Å². The number of hydrogen-bond donors (Lipinski definition) is 1. The third-order valence-corrected chi connectivity index (χ3v) is 4.16. The van der Waals surface area contributed by atoms with Crippen molar-refractivity contribution in [2.24, 2.45) is 0 Å². The van der Waals surface area contributed by atoms with Gasteiger partial charge in [-0.25, -0.2) is 4.98 Å². The second-order valence-electron chi connectivity index (χ2n) is 5.03. The Morgan fingerprint density at radius 2 is 2.14 bits per heavy atom. The maximum Gasteiger partial charge on any atom is 0.261 e. The van der Waals surface area contributed by atoms with Crippen LogP contribution in [0.2, 0.25) is 0 Å². The van der Waals surface area contributed by atoms with Crippen molar-refractivity contribution in [1.82, 2.24) is 10.3 Å². The molecule has 1 aromatic heterocycles. The molecule has 0 saturated heterocycles. The summed E-state index contributed by atoms with van der Waals surface area (Å²) < 4.78 is 5.75. The summed E-state index contributed by atoms with van der Waals surface area (Å²) in [6.45, 7) is 8.15. The monoisotopic (exact) mass is 304 g/mol. The van der Waals surface area contributed by atoms with E-state index in [1.54, 1.807) is 18.3 Å². The summed E-state index contributed by atoms with van der Waals surface area (Å²) in [5.41, 5.74) is 3.09. The van der Waals surface area contributed by atoms with Crippen molar-refractivity contribution in [2.75, 3.05) is 0 Å². The van der Waals surface area contributed by atoms with Gasteiger partial charge in [-0.1, -0.05) is 12.1 Å². The van der Waals surface area contributed by atoms with Crippen LogP contribution in [0, 0.1) is 20.8 Å². The molecule has 5 heteroatoms. The minimum absolute atomic E-state index is 0.137. The molecule has 0 bridgehead atoms. The third-order valence-electron chi connectivity index (χ3n) is 3.34. The van der Waals surface area contributed by atoms with Gasteiger partial charge < -0.3 is 10.1 Å². The average Bonchev–Trinajstić information content (AvgIpc) is 2.87. The van der Waals surface area contributed by atoms with Crippen molar-refractivity contribution in [3.63, 3.8) is 0 Å². The van der Waals surface area contributed by atoms with E-state index in [1.165, 1.54) is 0 Å². The first kappa shape index (κ1) is 15.5. The van der Waals surface area contributed by atoms with Crippen LogP contribution < -0.4 is 10.1 Å². The number of rotatable bonds is 5. The largest absolute Gasteiger partial charge is 0.481 e. The van der Waals surface area contributed by atoms with Gasteiger partial charge in [0, 0.05) is 5.38 Å². The molecule has 1 heterocycles. The van der Waals surface area contributed by atoms with Gasteiger partial charge >= 0.3 is 0 Å². The summed E-state index contributed by atoms with van der Waals surface area (Å²) in [6, 6.07) is 5.84. The SMILES string of the molecule is Cc1nc(CNC(=O)[C@@H](C)Oc2cccc(C)c2C)cs1. The van der Waals surface area contributed by atoms with E-state index >= 15 is 0 Å². The maximum absolute atomic E-state index is 12.1. The smallest absolute Gasteiger partial charge is 0.261 e. The van der Waals surface area contributed by atoms with Crippen LogP contribution in [0.25, 0.3) is 0 Å². The summed E-state index contributed by atoms with van der Waals surface area (Å²) in [5.74, 6) is 0.615. The molecule has 4 nitrogen and oxygen atoms in total. The van der Waals surface area contributed by atoms with Crippen molar-refractivity contribution in [3.8, 4) is 5.75 Å². The molecule has 0 fully saturated rings. The molecule has 1 amide bonds. The molecular formula is C16H20N2O2S. The van der Waals surface area contributed by atoms with Crippen LogP contribution >= 0.6 is 11.3 Å². The average molecular weight is 304 g/mol. The Balaban J connectivity index is 1.92. The highest BCUT2D eigenvalue weighted by molar-refractivity contribution is 7.09. The highest BCUT2D eigenvalue weighted by Gasteiger charge is 2.16. The number of aryl methyl sites for hydroxylation is 2. The Labute approximate surface area is 129 Å². The number of aromatic nitrogens is 1. The maximum atomic E-state index is 12.1. The van der Waals surface area contributed by atoms with E-state index in [-0.39, 0.29) is 5.91 Å². The molecular weight excluding hydrogens is 284 g/mol. The molecule has 0 unspecified atom stereocenters. The molecule has 2 rings (SSSR count). The second-order valence-corrected chi connectivity index (χ2v) is 6.10. The molecule has 2 aromatic rings. The Hall–Kier alpha value is -1.88. The molecule has 21 heavy (non-hydrogen) atoms. The molecule has 0 spiro atoms. The van der Waals surface area contributed by atoms with Crippen LogP contribution in [-0.2, 0) is 11.3 Å². The number of carbonyl (C=O) groups is 1. The van der Waals surface area contributed by atoms with Crippen LogP contribution in [0.1, 0.15) is 28.8 Å². The predicted octanol–water partition coefficient (Wildman–Crippen LogP) is 3.15. The zero-order valence-corrected chi connectivity index (χ0v) is 13.6. The zero-order valence-electron chi connectivity index (χ0n) is 12.8. The lowest BCUT2D eigenvalue weighted by Crippen LogP contribution is -2.36. The predicted molar refractivity (Wildman–Crippen MR) is 84.7 cm³/mol. The molecule has 0 aliphatic heterocycles. The fraction of sp³-hybridized carbons (Fsp3) is 0.375. The first-order chi connectivity index (χ1) is 9.97. The molecule has 1 aromatic carbocycles. The molecule has 0 saturated carbocycles. The lowest BCUT2D eigenvalue weighted by molar-refractivity contribution is -0.127. The quantitative estimate of drug-likeness (QED) is 0.923. The standard InChI is InChI=1S/C16H20N2O2S/c1-10-6-5-7-15(11(10)2)20-12(3)16(19)17-8-14-9-21-13(4)18-14/h5-7,9,12H,8H2,1-4H3,(H,17,19)/t12-/m1/s1. The molecule has 112 valence electrons. The molecule has 0 aliphatic carbocycles. The van der Waals surface area contributed by atoms with Gasteiger partial charge in [0.25, 0.3) is 5.91 Å². The highest BCUT2D eigenvalue weighted by Crippen LogP contribution is 2.21. The molecule has 0 aliphatic rings. The van der Waals surface area contributed by atoms with Crippen molar-refractivity contribution in [1.29, 1.82) is 0 Å². The Morgan fingerprint density at radius 1 is 1.38 bits per heavy atom. The zero-order chi connectivity index (χ0) is 15.4. The molecule has 1 atom stereocenters. The van der Waals surface area contributed by atoms with Gasteiger partial charge in [-0.3, -0.25) is 4.79 Å². The normalized spacial score (nSPS) is 12.0. The van der Waals surface area contributed by atoms with Gasteiger partial charge in [0.1, 0.15) is 5.75 Å². The van der Waals surface area contributed by atoms with Gasteiger partial charge in [0.2, 0.25) is 0 Å². The minimum atomic E-state index is -0.537. The fourth-order valence-electron chi connectivity index (χ4n) is 1.91. The summed E-state index contributed by atoms with van der Waals surface area (Å²) >= 11 is 1.58. The number of ether oxygens (including phenoxy) is 1. The van der Waals surface area contributed by atoms with Crippen LogP contribution in [0.5, 0.6) is 5.75 Å². The third kappa shape index (κ3) is 4.04. The van der Waals surface area contributed by atoms with Crippen LogP contribution in [-0.4, -0.2) is 17.0 Å². The Bertz CT molecular complexity index is 637. The van der Waals surface area contributed by atoms with Crippen molar-refractivity contribution in [2.45, 2.75) is 40.3 Å². The topological polar surface area (TPSA) is 51.2 Å². The van der Waals surface area contributed by atoms with E-state index in [9.17, 15) is 4.79 Å². The number of hydrogen-bond acceptors (Lipinski definition) is 4. The highest BCUT2D eigenvalue weighted by atomic mass is 32.1. The Kier molecular flexibility index (Phi) is 4.96. The van der Waals surface area contributed by atoms with E-state index < -0.39 is 6.10 Å². The van der Waals surface area contributed by atoms with Crippen LogP contribution in [0.15, 0.2) is 23.6 Å². The van der Waals surface area contributed by atoms with E-state index in [0.717, 1.165) is 27.6 Å². The number of benzene rings is 1. The summed E-state index contributed by atoms with van der Waals surface area (Å²) in [6.07, 6.45) is -0.537. The van der Waals surface area contributed by atoms with Crippen LogP contribution in [0.3, 0.4) is 0 Å². The van der Waals surface area contributed by atoms with E-state index in [1.807, 2.05) is 44.4 Å². The van der Waals surface area contributed by atoms with Gasteiger partial charge in [0.05, 0.1) is 17.2 Å². The number of amides is 1.